The third kappa shape index (κ3) is 4.32. The monoisotopic (exact) mass is 367 g/mol. The lowest BCUT2D eigenvalue weighted by Gasteiger charge is -2.25. The molecule has 7 nitrogen and oxygen atoms in total. The molecule has 2 N–H and O–H groups in total. The standard InChI is InChI=1S/C20H21N3O4/c1-20(2,12-27-15-6-4-3-5-7-15)11-23-13-21-17-9-8-14(18(24)22-26)10-16(17)19(23)25/h3-10,13,26H,11-12H2,1-2H3,(H,22,24). The molecular weight excluding hydrogens is 346 g/mol. The zero-order chi connectivity index (χ0) is 19.4. The number of nitrogens with one attached hydrogen (secondary N) is 1. The van der Waals surface area contributed by atoms with Crippen LogP contribution < -0.4 is 15.8 Å². The first-order valence-electron chi connectivity index (χ1n) is 8.51. The van der Waals surface area contributed by atoms with E-state index in [0.717, 1.165) is 5.75 Å². The summed E-state index contributed by atoms with van der Waals surface area (Å²) in [6, 6.07) is 14.0. The first kappa shape index (κ1) is 18.6. The highest BCUT2D eigenvalue weighted by Gasteiger charge is 2.21. The van der Waals surface area contributed by atoms with E-state index in [4.69, 9.17) is 9.94 Å². The highest BCUT2D eigenvalue weighted by molar-refractivity contribution is 5.97. The molecule has 0 aliphatic rings. The molecule has 0 spiro atoms. The number of para-hydroxylation sites is 1. The first-order chi connectivity index (χ1) is 12.9. The summed E-state index contributed by atoms with van der Waals surface area (Å²) < 4.78 is 7.33. The quantitative estimate of drug-likeness (QED) is 0.516. The minimum Gasteiger partial charge on any atom is -0.493 e. The van der Waals surface area contributed by atoms with Gasteiger partial charge in [-0.25, -0.2) is 10.5 Å². The topological polar surface area (TPSA) is 93.5 Å². The number of carbonyl (C=O) groups is 1. The minimum atomic E-state index is -0.678. The summed E-state index contributed by atoms with van der Waals surface area (Å²) in [5.41, 5.74) is 1.67. The predicted molar refractivity (Wildman–Crippen MR) is 101 cm³/mol. The van der Waals surface area contributed by atoms with Crippen molar-refractivity contribution in [1.29, 1.82) is 0 Å². The van der Waals surface area contributed by atoms with Gasteiger partial charge in [0.15, 0.2) is 0 Å². The average molecular weight is 367 g/mol. The van der Waals surface area contributed by atoms with Gasteiger partial charge in [-0.2, -0.15) is 0 Å². The Morgan fingerprint density at radius 2 is 1.96 bits per heavy atom. The van der Waals surface area contributed by atoms with Gasteiger partial charge in [0.05, 0.1) is 23.8 Å². The van der Waals surface area contributed by atoms with Gasteiger partial charge < -0.3 is 4.74 Å². The van der Waals surface area contributed by atoms with Crippen LogP contribution >= 0.6 is 0 Å². The van der Waals surface area contributed by atoms with Crippen molar-refractivity contribution in [1.82, 2.24) is 15.0 Å². The highest BCUT2D eigenvalue weighted by Crippen LogP contribution is 2.20. The maximum atomic E-state index is 12.8. The molecule has 0 atom stereocenters. The lowest BCUT2D eigenvalue weighted by Crippen LogP contribution is -2.33. The van der Waals surface area contributed by atoms with Crippen molar-refractivity contribution in [2.24, 2.45) is 5.41 Å². The number of ether oxygens (including phenoxy) is 1. The van der Waals surface area contributed by atoms with Crippen molar-refractivity contribution < 1.29 is 14.7 Å². The number of hydrogen-bond acceptors (Lipinski definition) is 5. The zero-order valence-electron chi connectivity index (χ0n) is 15.2. The van der Waals surface area contributed by atoms with E-state index >= 15 is 0 Å². The van der Waals surface area contributed by atoms with E-state index < -0.39 is 5.91 Å². The molecule has 140 valence electrons. The second kappa shape index (κ2) is 7.59. The average Bonchev–Trinajstić information content (AvgIpc) is 2.68. The van der Waals surface area contributed by atoms with Gasteiger partial charge in [-0.1, -0.05) is 32.0 Å². The number of carbonyl (C=O) groups excluding carboxylic acids is 1. The van der Waals surface area contributed by atoms with Gasteiger partial charge in [0.1, 0.15) is 5.75 Å². The van der Waals surface area contributed by atoms with Gasteiger partial charge in [0.2, 0.25) is 0 Å². The lowest BCUT2D eigenvalue weighted by atomic mass is 9.94. The number of hydrogen-bond donors (Lipinski definition) is 2. The summed E-state index contributed by atoms with van der Waals surface area (Å²) in [7, 11) is 0. The van der Waals surface area contributed by atoms with Crippen LogP contribution in [0.25, 0.3) is 10.9 Å². The summed E-state index contributed by atoms with van der Waals surface area (Å²) in [6.45, 7) is 4.83. The van der Waals surface area contributed by atoms with Crippen LogP contribution in [0.15, 0.2) is 59.7 Å². The molecule has 0 unspecified atom stereocenters. The zero-order valence-corrected chi connectivity index (χ0v) is 15.2. The lowest BCUT2D eigenvalue weighted by molar-refractivity contribution is 0.0706. The van der Waals surface area contributed by atoms with Crippen LogP contribution in [0.3, 0.4) is 0 Å². The van der Waals surface area contributed by atoms with Crippen LogP contribution in [0.2, 0.25) is 0 Å². The van der Waals surface area contributed by atoms with Crippen molar-refractivity contribution in [3.8, 4) is 5.75 Å². The van der Waals surface area contributed by atoms with E-state index in [-0.39, 0.29) is 16.5 Å². The summed E-state index contributed by atoms with van der Waals surface area (Å²) in [5.74, 6) is 0.0949. The molecule has 0 aliphatic heterocycles. The molecule has 1 amide bonds. The van der Waals surface area contributed by atoms with E-state index in [0.29, 0.717) is 24.1 Å². The van der Waals surface area contributed by atoms with Crippen LogP contribution in [-0.4, -0.2) is 27.3 Å². The number of benzene rings is 2. The van der Waals surface area contributed by atoms with Crippen LogP contribution in [0.4, 0.5) is 0 Å². The van der Waals surface area contributed by atoms with Crippen LogP contribution in [0.5, 0.6) is 5.75 Å². The Kier molecular flexibility index (Phi) is 5.23. The molecule has 27 heavy (non-hydrogen) atoms. The molecule has 1 heterocycles. The molecule has 0 radical (unpaired) electrons. The van der Waals surface area contributed by atoms with E-state index in [1.54, 1.807) is 11.5 Å². The Balaban J connectivity index is 1.84. The fraction of sp³-hybridized carbons (Fsp3) is 0.250. The van der Waals surface area contributed by atoms with Gasteiger partial charge in [-0.3, -0.25) is 19.4 Å². The van der Waals surface area contributed by atoms with Gasteiger partial charge in [-0.05, 0) is 30.3 Å². The van der Waals surface area contributed by atoms with Crippen LogP contribution in [0, 0.1) is 5.41 Å². The number of amides is 1. The summed E-state index contributed by atoms with van der Waals surface area (Å²) in [4.78, 5) is 28.7. The minimum absolute atomic E-state index is 0.188. The molecule has 3 aromatic rings. The third-order valence-electron chi connectivity index (χ3n) is 4.16. The number of nitrogens with zero attached hydrogens (tertiary/aromatic N) is 2. The summed E-state index contributed by atoms with van der Waals surface area (Å²) in [6.07, 6.45) is 1.50. The molecular formula is C20H21N3O4. The number of fused-ring (bicyclic) bond motifs is 1. The van der Waals surface area contributed by atoms with Crippen molar-refractivity contribution >= 4 is 16.8 Å². The molecule has 0 saturated heterocycles. The molecule has 7 heteroatoms. The second-order valence-corrected chi connectivity index (χ2v) is 7.12. The van der Waals surface area contributed by atoms with Crippen molar-refractivity contribution in [2.75, 3.05) is 6.61 Å². The highest BCUT2D eigenvalue weighted by atomic mass is 16.5. The molecule has 0 saturated carbocycles. The maximum absolute atomic E-state index is 12.8. The molecule has 2 aromatic carbocycles. The van der Waals surface area contributed by atoms with Crippen LogP contribution in [0.1, 0.15) is 24.2 Å². The molecule has 0 aliphatic carbocycles. The van der Waals surface area contributed by atoms with Gasteiger partial charge in [0, 0.05) is 17.5 Å². The van der Waals surface area contributed by atoms with Gasteiger partial charge >= 0.3 is 0 Å². The Labute approximate surface area is 156 Å². The Morgan fingerprint density at radius 3 is 2.67 bits per heavy atom. The van der Waals surface area contributed by atoms with Crippen molar-refractivity contribution in [3.05, 3.63) is 70.8 Å². The van der Waals surface area contributed by atoms with E-state index in [1.165, 1.54) is 23.0 Å². The molecule has 3 rings (SSSR count). The number of aromatic nitrogens is 2. The maximum Gasteiger partial charge on any atom is 0.274 e. The normalized spacial score (nSPS) is 11.4. The molecule has 0 fully saturated rings. The largest absolute Gasteiger partial charge is 0.493 e. The Bertz CT molecular complexity index is 1010. The summed E-state index contributed by atoms with van der Waals surface area (Å²) in [5, 5.41) is 9.10. The van der Waals surface area contributed by atoms with E-state index in [2.05, 4.69) is 4.98 Å². The van der Waals surface area contributed by atoms with E-state index in [9.17, 15) is 9.59 Å². The Hall–Kier alpha value is -3.19. The van der Waals surface area contributed by atoms with E-state index in [1.807, 2.05) is 44.2 Å². The first-order valence-corrected chi connectivity index (χ1v) is 8.51. The SMILES string of the molecule is CC(C)(COc1ccccc1)Cn1cnc2ccc(C(=O)NO)cc2c1=O. The third-order valence-corrected chi connectivity index (χ3v) is 4.16. The molecule has 0 bridgehead atoms. The fourth-order valence-corrected chi connectivity index (χ4v) is 2.78. The number of rotatable bonds is 6. The van der Waals surface area contributed by atoms with Gasteiger partial charge in [0.25, 0.3) is 11.5 Å². The Morgan fingerprint density at radius 1 is 1.22 bits per heavy atom. The molecule has 1 aromatic heterocycles. The smallest absolute Gasteiger partial charge is 0.274 e. The van der Waals surface area contributed by atoms with Crippen molar-refractivity contribution in [2.45, 2.75) is 20.4 Å². The van der Waals surface area contributed by atoms with Crippen molar-refractivity contribution in [3.63, 3.8) is 0 Å². The van der Waals surface area contributed by atoms with Crippen LogP contribution in [-0.2, 0) is 6.54 Å². The number of hydroxylamine groups is 1. The summed E-state index contributed by atoms with van der Waals surface area (Å²) >= 11 is 0. The van der Waals surface area contributed by atoms with Gasteiger partial charge in [-0.15, -0.1) is 0 Å². The second-order valence-electron chi connectivity index (χ2n) is 7.12. The predicted octanol–water partition coefficient (Wildman–Crippen LogP) is 2.62. The fourth-order valence-electron chi connectivity index (χ4n) is 2.78.